The van der Waals surface area contributed by atoms with Crippen molar-refractivity contribution in [3.05, 3.63) is 54.0 Å². The lowest BCUT2D eigenvalue weighted by Gasteiger charge is -2.23. The van der Waals surface area contributed by atoms with Crippen LogP contribution in [-0.4, -0.2) is 28.0 Å². The van der Waals surface area contributed by atoms with Crippen molar-refractivity contribution in [3.8, 4) is 5.75 Å². The van der Waals surface area contributed by atoms with Crippen LogP contribution < -0.4 is 15.8 Å². The second-order valence-corrected chi connectivity index (χ2v) is 6.80. The number of rotatable bonds is 6. The van der Waals surface area contributed by atoms with E-state index in [0.29, 0.717) is 36.7 Å². The predicted octanol–water partition coefficient (Wildman–Crippen LogP) is 3.80. The number of benzene rings is 1. The number of aromatic nitrogens is 2. The number of hydrogen-bond acceptors (Lipinski definition) is 5. The van der Waals surface area contributed by atoms with E-state index in [4.69, 9.17) is 10.5 Å². The number of halogens is 3. The molecule has 1 heterocycles. The summed E-state index contributed by atoms with van der Waals surface area (Å²) in [5.41, 5.74) is 5.50. The van der Waals surface area contributed by atoms with Gasteiger partial charge in [0.25, 0.3) is 0 Å². The third kappa shape index (κ3) is 5.46. The summed E-state index contributed by atoms with van der Waals surface area (Å²) in [6.45, 7) is 1.65. The number of primary amides is 1. The number of carbonyl (C=O) groups is 1. The van der Waals surface area contributed by atoms with E-state index < -0.39 is 23.7 Å². The van der Waals surface area contributed by atoms with Crippen LogP contribution in [0.4, 0.5) is 19.0 Å². The zero-order chi connectivity index (χ0) is 21.0. The van der Waals surface area contributed by atoms with Crippen LogP contribution in [0, 0.1) is 0 Å². The lowest BCUT2D eigenvalue weighted by Crippen LogP contribution is -2.32. The standard InChI is InChI=1S/C20H21F3N4O2/c1-12(18(24)28)26-17-10-11-25-19(27-17)13-2-6-15(7-3-13)29-16-8-4-14(5-9-16)20(21,22)23/h2,4-5,8-12,15H,3,6-7H2,1H3,(H2,24,28)(H,25,26,27)/t12-,15?/m0/s1. The largest absolute Gasteiger partial charge is 0.490 e. The van der Waals surface area contributed by atoms with Gasteiger partial charge in [-0.1, -0.05) is 6.08 Å². The summed E-state index contributed by atoms with van der Waals surface area (Å²) in [6, 6.07) is 5.79. The molecule has 1 aromatic heterocycles. The normalized spacial score (nSPS) is 17.9. The van der Waals surface area contributed by atoms with Gasteiger partial charge >= 0.3 is 6.18 Å². The summed E-state index contributed by atoms with van der Waals surface area (Å²) < 4.78 is 43.7. The number of nitrogens with one attached hydrogen (secondary N) is 1. The zero-order valence-corrected chi connectivity index (χ0v) is 15.7. The minimum atomic E-state index is -4.36. The molecule has 0 bridgehead atoms. The quantitative estimate of drug-likeness (QED) is 0.762. The maximum atomic E-state index is 12.6. The molecule has 1 unspecified atom stereocenters. The van der Waals surface area contributed by atoms with Gasteiger partial charge in [-0.2, -0.15) is 13.2 Å². The van der Waals surface area contributed by atoms with E-state index in [1.54, 1.807) is 19.2 Å². The lowest BCUT2D eigenvalue weighted by atomic mass is 9.96. The number of allylic oxidation sites excluding steroid dienone is 1. The lowest BCUT2D eigenvalue weighted by molar-refractivity contribution is -0.137. The Morgan fingerprint density at radius 1 is 1.28 bits per heavy atom. The van der Waals surface area contributed by atoms with Crippen LogP contribution in [0.15, 0.2) is 42.6 Å². The van der Waals surface area contributed by atoms with E-state index in [1.165, 1.54) is 12.1 Å². The molecule has 2 aromatic rings. The zero-order valence-electron chi connectivity index (χ0n) is 15.7. The Kier molecular flexibility index (Phi) is 6.05. The summed E-state index contributed by atoms with van der Waals surface area (Å²) in [5.74, 6) is 0.984. The Bertz CT molecular complexity index is 897. The molecule has 9 heteroatoms. The third-order valence-corrected chi connectivity index (χ3v) is 4.58. The monoisotopic (exact) mass is 406 g/mol. The van der Waals surface area contributed by atoms with Crippen LogP contribution in [0.5, 0.6) is 5.75 Å². The number of anilines is 1. The molecule has 0 fully saturated rings. The summed E-state index contributed by atoms with van der Waals surface area (Å²) in [4.78, 5) is 19.9. The highest BCUT2D eigenvalue weighted by molar-refractivity contribution is 5.82. The van der Waals surface area contributed by atoms with E-state index >= 15 is 0 Å². The fourth-order valence-corrected chi connectivity index (χ4v) is 2.92. The van der Waals surface area contributed by atoms with Crippen LogP contribution >= 0.6 is 0 Å². The van der Waals surface area contributed by atoms with Crippen molar-refractivity contribution in [2.45, 2.75) is 44.5 Å². The first kappa shape index (κ1) is 20.6. The molecule has 29 heavy (non-hydrogen) atoms. The van der Waals surface area contributed by atoms with Gasteiger partial charge in [0.1, 0.15) is 23.7 Å². The van der Waals surface area contributed by atoms with Crippen molar-refractivity contribution in [1.82, 2.24) is 9.97 Å². The molecule has 1 aliphatic rings. The molecule has 0 saturated carbocycles. The second-order valence-electron chi connectivity index (χ2n) is 6.80. The van der Waals surface area contributed by atoms with Gasteiger partial charge in [-0.25, -0.2) is 9.97 Å². The highest BCUT2D eigenvalue weighted by atomic mass is 19.4. The highest BCUT2D eigenvalue weighted by Gasteiger charge is 2.30. The van der Waals surface area contributed by atoms with Crippen LogP contribution in [0.3, 0.4) is 0 Å². The van der Waals surface area contributed by atoms with E-state index in [1.807, 2.05) is 6.08 Å². The summed E-state index contributed by atoms with van der Waals surface area (Å²) >= 11 is 0. The van der Waals surface area contributed by atoms with Crippen molar-refractivity contribution in [2.24, 2.45) is 5.73 Å². The average Bonchev–Trinajstić information content (AvgIpc) is 2.68. The fraction of sp³-hybridized carbons (Fsp3) is 0.350. The van der Waals surface area contributed by atoms with Gasteiger partial charge in [0.05, 0.1) is 5.56 Å². The van der Waals surface area contributed by atoms with Gasteiger partial charge in [0.15, 0.2) is 5.82 Å². The maximum Gasteiger partial charge on any atom is 0.416 e. The molecule has 0 saturated heterocycles. The maximum absolute atomic E-state index is 12.6. The SMILES string of the molecule is C[C@H](Nc1ccnc(C2=CCC(Oc3ccc(C(F)(F)F)cc3)CC2)n1)C(N)=O. The molecule has 1 aliphatic carbocycles. The minimum absolute atomic E-state index is 0.133. The number of carbonyl (C=O) groups excluding carboxylic acids is 1. The molecular weight excluding hydrogens is 385 g/mol. The highest BCUT2D eigenvalue weighted by Crippen LogP contribution is 2.32. The van der Waals surface area contributed by atoms with Gasteiger partial charge in [-0.05, 0) is 55.7 Å². The van der Waals surface area contributed by atoms with Crippen LogP contribution in [0.1, 0.15) is 37.6 Å². The van der Waals surface area contributed by atoms with Crippen LogP contribution in [0.25, 0.3) is 5.57 Å². The van der Waals surface area contributed by atoms with Gasteiger partial charge in [0, 0.05) is 12.6 Å². The predicted molar refractivity (Wildman–Crippen MR) is 102 cm³/mol. The van der Waals surface area contributed by atoms with E-state index in [0.717, 1.165) is 17.7 Å². The number of ether oxygens (including phenoxy) is 1. The Balaban J connectivity index is 1.61. The van der Waals surface area contributed by atoms with Crippen LogP contribution in [0.2, 0.25) is 0 Å². The molecule has 0 aliphatic heterocycles. The molecule has 3 N–H and O–H groups in total. The van der Waals surface area contributed by atoms with Crippen LogP contribution in [-0.2, 0) is 11.0 Å². The molecule has 1 amide bonds. The van der Waals surface area contributed by atoms with Gasteiger partial charge in [-0.3, -0.25) is 4.79 Å². The number of amides is 1. The van der Waals surface area contributed by atoms with E-state index in [-0.39, 0.29) is 6.10 Å². The minimum Gasteiger partial charge on any atom is -0.490 e. The molecule has 2 atom stereocenters. The molecule has 6 nitrogen and oxygen atoms in total. The first-order chi connectivity index (χ1) is 13.7. The van der Waals surface area contributed by atoms with Gasteiger partial charge in [-0.15, -0.1) is 0 Å². The van der Waals surface area contributed by atoms with Crippen molar-refractivity contribution in [1.29, 1.82) is 0 Å². The summed E-state index contributed by atoms with van der Waals surface area (Å²) in [6.07, 6.45) is 1.02. The first-order valence-electron chi connectivity index (χ1n) is 9.14. The number of nitrogens with zero attached hydrogens (tertiary/aromatic N) is 2. The summed E-state index contributed by atoms with van der Waals surface area (Å²) in [7, 11) is 0. The van der Waals surface area contributed by atoms with Crippen molar-refractivity contribution in [2.75, 3.05) is 5.32 Å². The van der Waals surface area contributed by atoms with E-state index in [9.17, 15) is 18.0 Å². The molecule has 0 spiro atoms. The number of nitrogens with two attached hydrogens (primary N) is 1. The number of hydrogen-bond donors (Lipinski definition) is 2. The van der Waals surface area contributed by atoms with Gasteiger partial charge in [0.2, 0.25) is 5.91 Å². The fourth-order valence-electron chi connectivity index (χ4n) is 2.92. The molecule has 3 rings (SSSR count). The Hall–Kier alpha value is -3.10. The summed E-state index contributed by atoms with van der Waals surface area (Å²) in [5, 5.41) is 2.92. The Morgan fingerprint density at radius 3 is 2.59 bits per heavy atom. The van der Waals surface area contributed by atoms with Crippen molar-refractivity contribution in [3.63, 3.8) is 0 Å². The Morgan fingerprint density at radius 2 is 2.00 bits per heavy atom. The molecule has 1 aromatic carbocycles. The molecule has 0 radical (unpaired) electrons. The van der Waals surface area contributed by atoms with Crippen molar-refractivity contribution < 1.29 is 22.7 Å². The van der Waals surface area contributed by atoms with E-state index in [2.05, 4.69) is 15.3 Å². The third-order valence-electron chi connectivity index (χ3n) is 4.58. The second kappa shape index (κ2) is 8.50. The van der Waals surface area contributed by atoms with Gasteiger partial charge < -0.3 is 15.8 Å². The van der Waals surface area contributed by atoms with Crippen molar-refractivity contribution >= 4 is 17.3 Å². The molecular formula is C20H21F3N4O2. The topological polar surface area (TPSA) is 90.1 Å². The smallest absolute Gasteiger partial charge is 0.416 e. The Labute approximate surface area is 166 Å². The first-order valence-corrected chi connectivity index (χ1v) is 9.14. The molecule has 154 valence electrons. The number of alkyl halides is 3. The average molecular weight is 406 g/mol.